The van der Waals surface area contributed by atoms with Gasteiger partial charge in [-0.15, -0.1) is 0 Å². The molecule has 2 aromatic carbocycles. The van der Waals surface area contributed by atoms with Crippen molar-refractivity contribution >= 4 is 23.8 Å². The van der Waals surface area contributed by atoms with Gasteiger partial charge in [0.05, 0.1) is 13.5 Å². The number of hydrogen-bond acceptors (Lipinski definition) is 4. The first kappa shape index (κ1) is 24.5. The molecule has 0 bridgehead atoms. The third-order valence-electron chi connectivity index (χ3n) is 6.81. The molecule has 2 aliphatic heterocycles. The van der Waals surface area contributed by atoms with Crippen molar-refractivity contribution in [3.8, 4) is 5.75 Å². The van der Waals surface area contributed by atoms with E-state index in [0.717, 1.165) is 16.9 Å². The number of rotatable bonds is 6. The summed E-state index contributed by atoms with van der Waals surface area (Å²) in [7, 11) is 1.61. The van der Waals surface area contributed by atoms with Crippen molar-refractivity contribution < 1.29 is 19.1 Å². The highest BCUT2D eigenvalue weighted by Gasteiger charge is 2.32. The van der Waals surface area contributed by atoms with Crippen molar-refractivity contribution in [2.75, 3.05) is 46.4 Å². The lowest BCUT2D eigenvalue weighted by atomic mass is 9.94. The molecule has 0 spiro atoms. The van der Waals surface area contributed by atoms with Gasteiger partial charge < -0.3 is 19.4 Å². The number of benzene rings is 2. The van der Waals surface area contributed by atoms with Crippen LogP contribution in [0, 0.1) is 5.92 Å². The second-order valence-corrected chi connectivity index (χ2v) is 9.08. The fraction of sp³-hybridized carbons (Fsp3) is 0.393. The van der Waals surface area contributed by atoms with Gasteiger partial charge in [0.15, 0.2) is 0 Å². The first-order chi connectivity index (χ1) is 17.0. The highest BCUT2D eigenvalue weighted by Crippen LogP contribution is 2.21. The van der Waals surface area contributed by atoms with Gasteiger partial charge in [-0.3, -0.25) is 14.4 Å². The summed E-state index contributed by atoms with van der Waals surface area (Å²) in [5.41, 5.74) is 1.92. The summed E-state index contributed by atoms with van der Waals surface area (Å²) in [4.78, 5) is 43.8. The van der Waals surface area contributed by atoms with E-state index >= 15 is 0 Å². The summed E-state index contributed by atoms with van der Waals surface area (Å²) in [6.45, 7) is 3.40. The first-order valence-electron chi connectivity index (χ1n) is 12.2. The van der Waals surface area contributed by atoms with Gasteiger partial charge in [0.1, 0.15) is 5.75 Å². The van der Waals surface area contributed by atoms with E-state index in [2.05, 4.69) is 0 Å². The maximum absolute atomic E-state index is 13.1. The number of hydrogen-bond donors (Lipinski definition) is 0. The molecule has 2 aliphatic rings. The van der Waals surface area contributed by atoms with Crippen LogP contribution in [-0.4, -0.2) is 78.8 Å². The molecule has 184 valence electrons. The number of likely N-dealkylation sites (tertiary alicyclic amines) is 1. The van der Waals surface area contributed by atoms with Crippen LogP contribution in [0.2, 0.25) is 0 Å². The molecule has 4 rings (SSSR count). The Labute approximate surface area is 207 Å². The van der Waals surface area contributed by atoms with Gasteiger partial charge in [0.25, 0.3) is 0 Å². The van der Waals surface area contributed by atoms with Crippen LogP contribution in [0.3, 0.4) is 0 Å². The van der Waals surface area contributed by atoms with Gasteiger partial charge in [-0.1, -0.05) is 42.5 Å². The van der Waals surface area contributed by atoms with Gasteiger partial charge >= 0.3 is 0 Å². The van der Waals surface area contributed by atoms with E-state index in [4.69, 9.17) is 4.74 Å². The molecule has 0 saturated carbocycles. The van der Waals surface area contributed by atoms with E-state index < -0.39 is 0 Å². The first-order valence-corrected chi connectivity index (χ1v) is 12.2. The lowest BCUT2D eigenvalue weighted by Crippen LogP contribution is -2.53. The molecule has 3 amide bonds. The largest absolute Gasteiger partial charge is 0.497 e. The molecule has 0 radical (unpaired) electrons. The van der Waals surface area contributed by atoms with Crippen molar-refractivity contribution in [2.45, 2.75) is 19.3 Å². The zero-order valence-corrected chi connectivity index (χ0v) is 20.3. The maximum atomic E-state index is 13.1. The van der Waals surface area contributed by atoms with Gasteiger partial charge in [0, 0.05) is 51.3 Å². The van der Waals surface area contributed by atoms with E-state index in [-0.39, 0.29) is 23.6 Å². The Balaban J connectivity index is 1.21. The normalized spacial score (nSPS) is 17.0. The van der Waals surface area contributed by atoms with Crippen molar-refractivity contribution in [1.29, 1.82) is 0 Å². The molecule has 35 heavy (non-hydrogen) atoms. The van der Waals surface area contributed by atoms with Crippen LogP contribution in [0.5, 0.6) is 5.75 Å². The van der Waals surface area contributed by atoms with Crippen molar-refractivity contribution in [1.82, 2.24) is 14.7 Å². The number of nitrogens with zero attached hydrogens (tertiary/aromatic N) is 3. The second kappa shape index (κ2) is 11.7. The molecule has 0 aromatic heterocycles. The third-order valence-corrected chi connectivity index (χ3v) is 6.81. The van der Waals surface area contributed by atoms with Crippen LogP contribution in [0.1, 0.15) is 24.0 Å². The topological polar surface area (TPSA) is 70.2 Å². The smallest absolute Gasteiger partial charge is 0.246 e. The summed E-state index contributed by atoms with van der Waals surface area (Å²) < 4.78 is 5.24. The fourth-order valence-corrected chi connectivity index (χ4v) is 4.69. The number of piperazine rings is 1. The van der Waals surface area contributed by atoms with E-state index in [1.54, 1.807) is 13.2 Å². The van der Waals surface area contributed by atoms with E-state index in [1.807, 2.05) is 75.4 Å². The molecule has 7 heteroatoms. The maximum Gasteiger partial charge on any atom is 0.246 e. The molecule has 0 unspecified atom stereocenters. The highest BCUT2D eigenvalue weighted by molar-refractivity contribution is 5.92. The van der Waals surface area contributed by atoms with Gasteiger partial charge in [-0.2, -0.15) is 0 Å². The molecule has 2 aromatic rings. The predicted molar refractivity (Wildman–Crippen MR) is 135 cm³/mol. The lowest BCUT2D eigenvalue weighted by Gasteiger charge is -2.38. The second-order valence-electron chi connectivity index (χ2n) is 9.08. The number of piperidine rings is 1. The number of carbonyl (C=O) groups is 3. The summed E-state index contributed by atoms with van der Waals surface area (Å²) in [5.74, 6) is 0.891. The van der Waals surface area contributed by atoms with Crippen LogP contribution in [0.15, 0.2) is 60.7 Å². The van der Waals surface area contributed by atoms with Gasteiger partial charge in [-0.05, 0) is 42.2 Å². The van der Waals surface area contributed by atoms with Crippen molar-refractivity contribution in [3.05, 3.63) is 71.8 Å². The lowest BCUT2D eigenvalue weighted by molar-refractivity contribution is -0.143. The van der Waals surface area contributed by atoms with Gasteiger partial charge in [-0.25, -0.2) is 0 Å². The standard InChI is InChI=1S/C28H33N3O4/c1-35-25-9-5-8-23(20-25)21-27(33)30-16-18-31(19-17-30)28(34)24-12-14-29(15-13-24)26(32)11-10-22-6-3-2-4-7-22/h2-11,20,24H,12-19,21H2,1H3/b11-10+. The molecule has 2 saturated heterocycles. The average molecular weight is 476 g/mol. The number of ether oxygens (including phenoxy) is 1. The molecule has 0 N–H and O–H groups in total. The highest BCUT2D eigenvalue weighted by atomic mass is 16.5. The summed E-state index contributed by atoms with van der Waals surface area (Å²) in [6, 6.07) is 17.3. The van der Waals surface area contributed by atoms with E-state index in [1.165, 1.54) is 0 Å². The summed E-state index contributed by atoms with van der Waals surface area (Å²) in [6.07, 6.45) is 5.13. The molecule has 0 aliphatic carbocycles. The Kier molecular flexibility index (Phi) is 8.19. The zero-order valence-electron chi connectivity index (χ0n) is 20.3. The zero-order chi connectivity index (χ0) is 24.6. The Morgan fingerprint density at radius 3 is 2.23 bits per heavy atom. The van der Waals surface area contributed by atoms with Crippen LogP contribution in [0.25, 0.3) is 6.08 Å². The van der Waals surface area contributed by atoms with Crippen molar-refractivity contribution in [2.24, 2.45) is 5.92 Å². The summed E-state index contributed by atoms with van der Waals surface area (Å²) in [5, 5.41) is 0. The van der Waals surface area contributed by atoms with Crippen LogP contribution in [-0.2, 0) is 20.8 Å². The number of amides is 3. The molecular weight excluding hydrogens is 442 g/mol. The molecule has 0 atom stereocenters. The Hall–Kier alpha value is -3.61. The molecular formula is C28H33N3O4. The predicted octanol–water partition coefficient (Wildman–Crippen LogP) is 2.86. The van der Waals surface area contributed by atoms with Crippen LogP contribution in [0.4, 0.5) is 0 Å². The minimum Gasteiger partial charge on any atom is -0.497 e. The number of carbonyl (C=O) groups excluding carboxylic acids is 3. The number of methoxy groups -OCH3 is 1. The minimum atomic E-state index is -0.0591. The van der Waals surface area contributed by atoms with Crippen molar-refractivity contribution in [3.63, 3.8) is 0 Å². The van der Waals surface area contributed by atoms with Crippen LogP contribution >= 0.6 is 0 Å². The van der Waals surface area contributed by atoms with E-state index in [9.17, 15) is 14.4 Å². The average Bonchev–Trinajstić information content (AvgIpc) is 2.92. The Morgan fingerprint density at radius 2 is 1.54 bits per heavy atom. The Bertz CT molecular complexity index is 1050. The minimum absolute atomic E-state index is 0.0112. The third kappa shape index (κ3) is 6.50. The fourth-order valence-electron chi connectivity index (χ4n) is 4.69. The van der Waals surface area contributed by atoms with E-state index in [0.29, 0.717) is 58.5 Å². The SMILES string of the molecule is COc1cccc(CC(=O)N2CCN(C(=O)C3CCN(C(=O)/C=C/c4ccccc4)CC3)CC2)c1. The molecule has 7 nitrogen and oxygen atoms in total. The van der Waals surface area contributed by atoms with Gasteiger partial charge in [0.2, 0.25) is 17.7 Å². The Morgan fingerprint density at radius 1 is 0.857 bits per heavy atom. The molecule has 2 fully saturated rings. The molecule has 2 heterocycles. The van der Waals surface area contributed by atoms with Crippen LogP contribution < -0.4 is 4.74 Å². The summed E-state index contributed by atoms with van der Waals surface area (Å²) >= 11 is 0. The monoisotopic (exact) mass is 475 g/mol. The quantitative estimate of drug-likeness (QED) is 0.603.